The maximum absolute atomic E-state index is 13.4. The van der Waals surface area contributed by atoms with Crippen LogP contribution in [0.3, 0.4) is 0 Å². The lowest BCUT2D eigenvalue weighted by molar-refractivity contribution is -0.120. The third-order valence-corrected chi connectivity index (χ3v) is 3.14. The fraction of sp³-hybridized carbons (Fsp3) is 0.118. The topological polar surface area (TPSA) is 90.8 Å². The molecule has 124 valence electrons. The molecule has 0 radical (unpaired) electrons. The first-order valence-corrected chi connectivity index (χ1v) is 7.12. The molecule has 0 fully saturated rings. The molecular weight excluding hydrogens is 313 g/mol. The summed E-state index contributed by atoms with van der Waals surface area (Å²) in [4.78, 5) is 23.5. The van der Waals surface area contributed by atoms with Crippen LogP contribution in [-0.4, -0.2) is 29.2 Å². The van der Waals surface area contributed by atoms with Crippen molar-refractivity contribution in [1.29, 1.82) is 0 Å². The number of hydrogen-bond acceptors (Lipinski definition) is 4. The van der Waals surface area contributed by atoms with Crippen molar-refractivity contribution in [2.24, 2.45) is 5.10 Å². The fourth-order valence-corrected chi connectivity index (χ4v) is 1.88. The van der Waals surface area contributed by atoms with Gasteiger partial charge in [-0.2, -0.15) is 5.10 Å². The van der Waals surface area contributed by atoms with E-state index in [0.29, 0.717) is 11.3 Å². The minimum atomic E-state index is -0.683. The number of nitrogens with one attached hydrogen (secondary N) is 2. The van der Waals surface area contributed by atoms with Crippen LogP contribution in [0.4, 0.5) is 4.39 Å². The van der Waals surface area contributed by atoms with Gasteiger partial charge in [-0.3, -0.25) is 9.59 Å². The number of amides is 2. The molecule has 2 rings (SSSR count). The summed E-state index contributed by atoms with van der Waals surface area (Å²) in [5, 5.41) is 15.6. The van der Waals surface area contributed by atoms with E-state index in [1.807, 2.05) is 0 Å². The molecule has 0 aromatic heterocycles. The number of hydrogen-bond donors (Lipinski definition) is 3. The third kappa shape index (κ3) is 4.64. The van der Waals surface area contributed by atoms with Crippen LogP contribution < -0.4 is 10.7 Å². The average molecular weight is 329 g/mol. The summed E-state index contributed by atoms with van der Waals surface area (Å²) in [6, 6.07) is 11.9. The third-order valence-electron chi connectivity index (χ3n) is 3.14. The summed E-state index contributed by atoms with van der Waals surface area (Å²) in [5.74, 6) is -1.81. The molecule has 0 heterocycles. The summed E-state index contributed by atoms with van der Waals surface area (Å²) in [6.45, 7) is 1.32. The van der Waals surface area contributed by atoms with Crippen LogP contribution in [0.5, 0.6) is 5.75 Å². The number of phenols is 1. The maximum Gasteiger partial charge on any atom is 0.259 e. The van der Waals surface area contributed by atoms with Crippen molar-refractivity contribution in [3.8, 4) is 5.75 Å². The smallest absolute Gasteiger partial charge is 0.259 e. The van der Waals surface area contributed by atoms with Gasteiger partial charge in [0.1, 0.15) is 11.6 Å². The summed E-state index contributed by atoms with van der Waals surface area (Å²) in [5.41, 5.74) is 3.28. The molecule has 0 saturated heterocycles. The Morgan fingerprint density at radius 2 is 1.92 bits per heavy atom. The summed E-state index contributed by atoms with van der Waals surface area (Å²) in [7, 11) is 0. The standard InChI is InChI=1S/C17H16FN3O3/c1-11(12-5-4-6-13(22)9-12)20-21-16(23)10-19-17(24)14-7-2-3-8-15(14)18/h2-9,22H,10H2,1H3,(H,19,24)(H,21,23)/b20-11+. The highest BCUT2D eigenvalue weighted by Crippen LogP contribution is 2.11. The quantitative estimate of drug-likeness (QED) is 0.577. The Hall–Kier alpha value is -3.22. The highest BCUT2D eigenvalue weighted by molar-refractivity contribution is 6.00. The van der Waals surface area contributed by atoms with Crippen LogP contribution in [0.25, 0.3) is 0 Å². The van der Waals surface area contributed by atoms with Gasteiger partial charge in [-0.05, 0) is 31.2 Å². The van der Waals surface area contributed by atoms with Gasteiger partial charge in [0.15, 0.2) is 0 Å². The van der Waals surface area contributed by atoms with Gasteiger partial charge in [0.05, 0.1) is 17.8 Å². The molecule has 6 nitrogen and oxygen atoms in total. The second-order valence-corrected chi connectivity index (χ2v) is 4.95. The zero-order valence-corrected chi connectivity index (χ0v) is 12.9. The van der Waals surface area contributed by atoms with Gasteiger partial charge in [-0.1, -0.05) is 24.3 Å². The van der Waals surface area contributed by atoms with Crippen LogP contribution >= 0.6 is 0 Å². The molecule has 0 atom stereocenters. The molecular formula is C17H16FN3O3. The Balaban J connectivity index is 1.88. The van der Waals surface area contributed by atoms with Crippen LogP contribution in [0.15, 0.2) is 53.6 Å². The molecule has 3 N–H and O–H groups in total. The predicted octanol–water partition coefficient (Wildman–Crippen LogP) is 1.80. The van der Waals surface area contributed by atoms with E-state index in [9.17, 15) is 19.1 Å². The predicted molar refractivity (Wildman–Crippen MR) is 87.2 cm³/mol. The van der Waals surface area contributed by atoms with E-state index < -0.39 is 17.6 Å². The molecule has 7 heteroatoms. The summed E-state index contributed by atoms with van der Waals surface area (Å²) >= 11 is 0. The number of carbonyl (C=O) groups is 2. The molecule has 24 heavy (non-hydrogen) atoms. The van der Waals surface area contributed by atoms with Gasteiger partial charge in [-0.25, -0.2) is 9.82 Å². The van der Waals surface area contributed by atoms with Crippen molar-refractivity contribution in [3.63, 3.8) is 0 Å². The second-order valence-electron chi connectivity index (χ2n) is 4.95. The van der Waals surface area contributed by atoms with E-state index in [0.717, 1.165) is 6.07 Å². The number of rotatable bonds is 5. The fourth-order valence-electron chi connectivity index (χ4n) is 1.88. The lowest BCUT2D eigenvalue weighted by atomic mass is 10.1. The molecule has 0 saturated carbocycles. The first kappa shape index (κ1) is 17.1. The molecule has 0 spiro atoms. The number of benzene rings is 2. The number of nitrogens with zero attached hydrogens (tertiary/aromatic N) is 1. The molecule has 0 bridgehead atoms. The largest absolute Gasteiger partial charge is 0.508 e. The zero-order chi connectivity index (χ0) is 17.5. The minimum absolute atomic E-state index is 0.0885. The van der Waals surface area contributed by atoms with Gasteiger partial charge in [0, 0.05) is 5.56 Å². The monoisotopic (exact) mass is 329 g/mol. The number of halogens is 1. The Morgan fingerprint density at radius 3 is 2.62 bits per heavy atom. The first-order valence-electron chi connectivity index (χ1n) is 7.12. The van der Waals surface area contributed by atoms with Crippen LogP contribution in [0.2, 0.25) is 0 Å². The van der Waals surface area contributed by atoms with Crippen LogP contribution in [-0.2, 0) is 4.79 Å². The van der Waals surface area contributed by atoms with Gasteiger partial charge < -0.3 is 10.4 Å². The van der Waals surface area contributed by atoms with Crippen molar-refractivity contribution < 1.29 is 19.1 Å². The maximum atomic E-state index is 13.4. The number of aromatic hydroxyl groups is 1. The Morgan fingerprint density at radius 1 is 1.17 bits per heavy atom. The normalized spacial score (nSPS) is 11.0. The van der Waals surface area contributed by atoms with Crippen molar-refractivity contribution in [2.45, 2.75) is 6.92 Å². The number of hydrazone groups is 1. The van der Waals surface area contributed by atoms with Crippen LogP contribution in [0.1, 0.15) is 22.8 Å². The van der Waals surface area contributed by atoms with E-state index in [1.165, 1.54) is 30.3 Å². The van der Waals surface area contributed by atoms with Gasteiger partial charge in [0.2, 0.25) is 0 Å². The highest BCUT2D eigenvalue weighted by atomic mass is 19.1. The van der Waals surface area contributed by atoms with E-state index in [-0.39, 0.29) is 17.9 Å². The summed E-state index contributed by atoms with van der Waals surface area (Å²) < 4.78 is 13.4. The number of carbonyl (C=O) groups excluding carboxylic acids is 2. The van der Waals surface area contributed by atoms with Crippen LogP contribution in [0, 0.1) is 5.82 Å². The molecule has 2 amide bonds. The van der Waals surface area contributed by atoms with Crippen molar-refractivity contribution >= 4 is 17.5 Å². The van der Waals surface area contributed by atoms with E-state index in [4.69, 9.17) is 0 Å². The highest BCUT2D eigenvalue weighted by Gasteiger charge is 2.11. The molecule has 0 aliphatic carbocycles. The van der Waals surface area contributed by atoms with E-state index in [2.05, 4.69) is 15.8 Å². The van der Waals surface area contributed by atoms with E-state index >= 15 is 0 Å². The van der Waals surface area contributed by atoms with Crippen molar-refractivity contribution in [2.75, 3.05) is 6.54 Å². The Labute approximate surface area is 138 Å². The van der Waals surface area contributed by atoms with Gasteiger partial charge in [0.25, 0.3) is 11.8 Å². The SMILES string of the molecule is C/C(=N\NC(=O)CNC(=O)c1ccccc1F)c1cccc(O)c1. The lowest BCUT2D eigenvalue weighted by Gasteiger charge is -2.06. The molecule has 0 aliphatic heterocycles. The molecule has 0 unspecified atom stereocenters. The minimum Gasteiger partial charge on any atom is -0.508 e. The number of phenolic OH excluding ortho intramolecular Hbond substituents is 1. The van der Waals surface area contributed by atoms with E-state index in [1.54, 1.807) is 19.1 Å². The van der Waals surface area contributed by atoms with Gasteiger partial charge >= 0.3 is 0 Å². The Kier molecular flexibility index (Phi) is 5.62. The first-order chi connectivity index (χ1) is 11.5. The molecule has 2 aromatic carbocycles. The van der Waals surface area contributed by atoms with Gasteiger partial charge in [-0.15, -0.1) is 0 Å². The summed E-state index contributed by atoms with van der Waals surface area (Å²) in [6.07, 6.45) is 0. The van der Waals surface area contributed by atoms with Crippen molar-refractivity contribution in [1.82, 2.24) is 10.7 Å². The second kappa shape index (κ2) is 7.87. The Bertz CT molecular complexity index is 790. The molecule has 0 aliphatic rings. The average Bonchev–Trinajstić information content (AvgIpc) is 2.58. The zero-order valence-electron chi connectivity index (χ0n) is 12.9. The molecule has 2 aromatic rings. The lowest BCUT2D eigenvalue weighted by Crippen LogP contribution is -2.35. The van der Waals surface area contributed by atoms with Crippen molar-refractivity contribution in [3.05, 3.63) is 65.5 Å².